The van der Waals surface area contributed by atoms with E-state index < -0.39 is 6.10 Å². The van der Waals surface area contributed by atoms with Crippen molar-refractivity contribution >= 4 is 11.6 Å². The molecule has 0 heterocycles. The Morgan fingerprint density at radius 2 is 2.22 bits per heavy atom. The number of nitrogens with two attached hydrogens (primary N) is 1. The number of hydrogen-bond donors (Lipinski definition) is 2. The number of nitrogens with zero attached hydrogens (tertiary/aromatic N) is 1. The second-order valence-electron chi connectivity index (χ2n) is 4.32. The lowest BCUT2D eigenvalue weighted by Crippen LogP contribution is -2.29. The van der Waals surface area contributed by atoms with Crippen molar-refractivity contribution in [3.8, 4) is 5.75 Å². The van der Waals surface area contributed by atoms with Gasteiger partial charge in [0.2, 0.25) is 0 Å². The van der Waals surface area contributed by atoms with Gasteiger partial charge in [-0.15, -0.1) is 0 Å². The van der Waals surface area contributed by atoms with Gasteiger partial charge in [0.15, 0.2) is 0 Å². The van der Waals surface area contributed by atoms with Gasteiger partial charge in [0.25, 0.3) is 5.91 Å². The summed E-state index contributed by atoms with van der Waals surface area (Å²) in [5.41, 5.74) is 6.71. The van der Waals surface area contributed by atoms with Crippen molar-refractivity contribution in [3.05, 3.63) is 23.8 Å². The molecular formula is C13H20N2O3. The van der Waals surface area contributed by atoms with Crippen molar-refractivity contribution in [2.45, 2.75) is 19.4 Å². The maximum Gasteiger partial charge on any atom is 0.253 e. The summed E-state index contributed by atoms with van der Waals surface area (Å²) in [7, 11) is 3.21. The largest absolute Gasteiger partial charge is 0.495 e. The number of ether oxygens (including phenoxy) is 1. The van der Waals surface area contributed by atoms with Crippen molar-refractivity contribution in [1.29, 1.82) is 0 Å². The quantitative estimate of drug-likeness (QED) is 0.770. The number of nitrogen functional groups attached to an aromatic ring is 1. The molecule has 5 heteroatoms. The topological polar surface area (TPSA) is 75.8 Å². The summed E-state index contributed by atoms with van der Waals surface area (Å²) >= 11 is 0. The van der Waals surface area contributed by atoms with Crippen LogP contribution in [0.25, 0.3) is 0 Å². The van der Waals surface area contributed by atoms with Crippen molar-refractivity contribution < 1.29 is 14.6 Å². The standard InChI is InChI=1S/C13H20N2O3/c1-9(16)6-7-15(2)13(17)10-4-5-11(14)12(8-10)18-3/h4-5,8-9,16H,6-7,14H2,1-3H3. The van der Waals surface area contributed by atoms with Crippen LogP contribution in [0.1, 0.15) is 23.7 Å². The fourth-order valence-electron chi connectivity index (χ4n) is 1.55. The summed E-state index contributed by atoms with van der Waals surface area (Å²) in [6, 6.07) is 4.93. The summed E-state index contributed by atoms with van der Waals surface area (Å²) in [5.74, 6) is 0.374. The van der Waals surface area contributed by atoms with Gasteiger partial charge in [-0.3, -0.25) is 4.79 Å². The lowest BCUT2D eigenvalue weighted by atomic mass is 10.1. The Morgan fingerprint density at radius 3 is 2.78 bits per heavy atom. The van der Waals surface area contributed by atoms with E-state index in [4.69, 9.17) is 10.5 Å². The highest BCUT2D eigenvalue weighted by Gasteiger charge is 2.13. The summed E-state index contributed by atoms with van der Waals surface area (Å²) in [5, 5.41) is 9.20. The first-order chi connectivity index (χ1) is 8.45. The molecule has 0 spiro atoms. The second-order valence-corrected chi connectivity index (χ2v) is 4.32. The second kappa shape index (κ2) is 6.26. The lowest BCUT2D eigenvalue weighted by molar-refractivity contribution is 0.0768. The van der Waals surface area contributed by atoms with Gasteiger partial charge < -0.3 is 20.5 Å². The molecule has 5 nitrogen and oxygen atoms in total. The normalized spacial score (nSPS) is 12.0. The molecule has 1 rings (SSSR count). The third kappa shape index (κ3) is 3.63. The van der Waals surface area contributed by atoms with Crippen LogP contribution < -0.4 is 10.5 Å². The minimum atomic E-state index is -0.416. The Hall–Kier alpha value is -1.75. The minimum absolute atomic E-state index is 0.117. The Morgan fingerprint density at radius 1 is 1.56 bits per heavy atom. The van der Waals surface area contributed by atoms with Gasteiger partial charge in [0.1, 0.15) is 5.75 Å². The first-order valence-electron chi connectivity index (χ1n) is 5.82. The van der Waals surface area contributed by atoms with Crippen LogP contribution in [-0.2, 0) is 0 Å². The smallest absolute Gasteiger partial charge is 0.253 e. The van der Waals surface area contributed by atoms with E-state index >= 15 is 0 Å². The van der Waals surface area contributed by atoms with E-state index in [1.54, 1.807) is 37.1 Å². The van der Waals surface area contributed by atoms with Crippen LogP contribution in [0.2, 0.25) is 0 Å². The van der Waals surface area contributed by atoms with Crippen LogP contribution in [0, 0.1) is 0 Å². The molecule has 0 radical (unpaired) electrons. The fourth-order valence-corrected chi connectivity index (χ4v) is 1.55. The van der Waals surface area contributed by atoms with E-state index in [0.29, 0.717) is 30.0 Å². The number of carbonyl (C=O) groups excluding carboxylic acids is 1. The van der Waals surface area contributed by atoms with Crippen molar-refractivity contribution in [2.24, 2.45) is 0 Å². The highest BCUT2D eigenvalue weighted by Crippen LogP contribution is 2.22. The van der Waals surface area contributed by atoms with Crippen molar-refractivity contribution in [2.75, 3.05) is 26.4 Å². The molecular weight excluding hydrogens is 232 g/mol. The zero-order valence-corrected chi connectivity index (χ0v) is 11.0. The van der Waals surface area contributed by atoms with Gasteiger partial charge in [0.05, 0.1) is 18.9 Å². The molecule has 1 atom stereocenters. The number of carbonyl (C=O) groups is 1. The first-order valence-corrected chi connectivity index (χ1v) is 5.82. The highest BCUT2D eigenvalue weighted by atomic mass is 16.5. The monoisotopic (exact) mass is 252 g/mol. The summed E-state index contributed by atoms with van der Waals surface area (Å²) in [6.45, 7) is 2.20. The molecule has 1 amide bonds. The van der Waals surface area contributed by atoms with Crippen molar-refractivity contribution in [3.63, 3.8) is 0 Å². The van der Waals surface area contributed by atoms with Crippen LogP contribution in [0.5, 0.6) is 5.75 Å². The summed E-state index contributed by atoms with van der Waals surface area (Å²) < 4.78 is 5.08. The zero-order chi connectivity index (χ0) is 13.7. The van der Waals surface area contributed by atoms with Crippen LogP contribution in [0.15, 0.2) is 18.2 Å². The number of aliphatic hydroxyl groups is 1. The number of methoxy groups -OCH3 is 1. The Balaban J connectivity index is 2.77. The van der Waals surface area contributed by atoms with E-state index in [0.717, 1.165) is 0 Å². The van der Waals surface area contributed by atoms with Gasteiger partial charge in [-0.1, -0.05) is 0 Å². The van der Waals surface area contributed by atoms with E-state index in [1.807, 2.05) is 0 Å². The molecule has 0 bridgehead atoms. The maximum atomic E-state index is 12.1. The van der Waals surface area contributed by atoms with E-state index in [9.17, 15) is 9.90 Å². The molecule has 1 aromatic carbocycles. The molecule has 0 fully saturated rings. The van der Waals surface area contributed by atoms with Crippen LogP contribution >= 0.6 is 0 Å². The number of anilines is 1. The molecule has 0 saturated carbocycles. The number of rotatable bonds is 5. The molecule has 3 N–H and O–H groups in total. The SMILES string of the molecule is COc1cc(C(=O)N(C)CCC(C)O)ccc1N. The van der Waals surface area contributed by atoms with Crippen LogP contribution in [0.4, 0.5) is 5.69 Å². The molecule has 0 aromatic heterocycles. The van der Waals surface area contributed by atoms with Gasteiger partial charge >= 0.3 is 0 Å². The van der Waals surface area contributed by atoms with E-state index in [-0.39, 0.29) is 5.91 Å². The van der Waals surface area contributed by atoms with Crippen molar-refractivity contribution in [1.82, 2.24) is 4.90 Å². The van der Waals surface area contributed by atoms with Crippen LogP contribution in [0.3, 0.4) is 0 Å². The van der Waals surface area contributed by atoms with Gasteiger partial charge in [-0.25, -0.2) is 0 Å². The first kappa shape index (κ1) is 14.3. The molecule has 18 heavy (non-hydrogen) atoms. The lowest BCUT2D eigenvalue weighted by Gasteiger charge is -2.18. The fraction of sp³-hybridized carbons (Fsp3) is 0.462. The Kier molecular flexibility index (Phi) is 4.97. The average molecular weight is 252 g/mol. The predicted molar refractivity (Wildman–Crippen MR) is 70.7 cm³/mol. The molecule has 1 aromatic rings. The van der Waals surface area contributed by atoms with E-state index in [1.165, 1.54) is 7.11 Å². The van der Waals surface area contributed by atoms with Crippen LogP contribution in [-0.4, -0.2) is 42.7 Å². The molecule has 100 valence electrons. The Bertz CT molecular complexity index is 419. The molecule has 1 unspecified atom stereocenters. The predicted octanol–water partition coefficient (Wildman–Crippen LogP) is 1.12. The third-order valence-electron chi connectivity index (χ3n) is 2.71. The minimum Gasteiger partial charge on any atom is -0.495 e. The molecule has 0 aliphatic carbocycles. The van der Waals surface area contributed by atoms with Gasteiger partial charge in [-0.05, 0) is 31.5 Å². The zero-order valence-electron chi connectivity index (χ0n) is 11.0. The number of aliphatic hydroxyl groups excluding tert-OH is 1. The summed E-state index contributed by atoms with van der Waals surface area (Å²) in [6.07, 6.45) is 0.134. The highest BCUT2D eigenvalue weighted by molar-refractivity contribution is 5.95. The molecule has 0 aliphatic heterocycles. The van der Waals surface area contributed by atoms with Gasteiger partial charge in [-0.2, -0.15) is 0 Å². The number of amides is 1. The Labute approximate surface area is 107 Å². The third-order valence-corrected chi connectivity index (χ3v) is 2.71. The molecule has 0 aliphatic rings. The van der Waals surface area contributed by atoms with E-state index in [2.05, 4.69) is 0 Å². The average Bonchev–Trinajstić information content (AvgIpc) is 2.35. The maximum absolute atomic E-state index is 12.1. The summed E-state index contributed by atoms with van der Waals surface area (Å²) in [4.78, 5) is 13.7. The van der Waals surface area contributed by atoms with Gasteiger partial charge in [0, 0.05) is 19.2 Å². The number of hydrogen-bond acceptors (Lipinski definition) is 4. The molecule has 0 saturated heterocycles. The number of benzene rings is 1.